The molecule has 1 aromatic heterocycles. The fourth-order valence-electron chi connectivity index (χ4n) is 5.08. The molecule has 3 aromatic rings. The van der Waals surface area contributed by atoms with Crippen LogP contribution in [-0.4, -0.2) is 20.6 Å². The lowest BCUT2D eigenvalue weighted by Crippen LogP contribution is -2.44. The third kappa shape index (κ3) is 2.43. The number of hydrogen-bond donors (Lipinski definition) is 1. The predicted octanol–water partition coefficient (Wildman–Crippen LogP) is 5.27. The van der Waals surface area contributed by atoms with Gasteiger partial charge in [-0.25, -0.2) is 4.98 Å². The Morgan fingerprint density at radius 3 is 2.74 bits per heavy atom. The third-order valence-electron chi connectivity index (χ3n) is 6.36. The molecule has 27 heavy (non-hydrogen) atoms. The van der Waals surface area contributed by atoms with Crippen LogP contribution < -0.4 is 0 Å². The van der Waals surface area contributed by atoms with Crippen LogP contribution >= 0.6 is 11.6 Å². The topological polar surface area (TPSA) is 55.1 Å². The van der Waals surface area contributed by atoms with Gasteiger partial charge in [-0.2, -0.15) is 0 Å². The molecule has 0 bridgehead atoms. The van der Waals surface area contributed by atoms with Crippen LogP contribution in [-0.2, 0) is 16.8 Å². The summed E-state index contributed by atoms with van der Waals surface area (Å²) in [5, 5.41) is 11.0. The average Bonchev–Trinajstić information content (AvgIpc) is 3.29. The number of carboxylic acids is 1. The average molecular weight is 381 g/mol. The summed E-state index contributed by atoms with van der Waals surface area (Å²) < 4.78 is 2.06. The van der Waals surface area contributed by atoms with Crippen LogP contribution in [0.1, 0.15) is 37.7 Å². The summed E-state index contributed by atoms with van der Waals surface area (Å²) in [5.74, 6) is 0.464. The molecule has 0 radical (unpaired) electrons. The summed E-state index contributed by atoms with van der Waals surface area (Å²) in [6.45, 7) is 0.405. The molecule has 1 aliphatic carbocycles. The number of fused-ring (bicyclic) bond motifs is 5. The zero-order chi connectivity index (χ0) is 18.6. The molecule has 1 N–H and O–H groups in total. The molecule has 0 spiro atoms. The van der Waals surface area contributed by atoms with Crippen molar-refractivity contribution in [2.75, 3.05) is 0 Å². The zero-order valence-electron chi connectivity index (χ0n) is 15.0. The van der Waals surface area contributed by atoms with E-state index >= 15 is 0 Å². The van der Waals surface area contributed by atoms with Crippen molar-refractivity contribution in [2.24, 2.45) is 5.92 Å². The number of rotatable bonds is 3. The molecule has 2 aromatic carbocycles. The quantitative estimate of drug-likeness (QED) is 0.673. The molecule has 1 fully saturated rings. The Hall–Kier alpha value is -2.33. The van der Waals surface area contributed by atoms with Crippen LogP contribution in [0.2, 0.25) is 5.02 Å². The van der Waals surface area contributed by atoms with Crippen molar-refractivity contribution < 1.29 is 9.90 Å². The highest BCUT2D eigenvalue weighted by molar-refractivity contribution is 6.33. The zero-order valence-corrected chi connectivity index (χ0v) is 15.7. The van der Waals surface area contributed by atoms with E-state index < -0.39 is 11.4 Å². The van der Waals surface area contributed by atoms with E-state index in [0.717, 1.165) is 40.8 Å². The molecule has 1 saturated carbocycles. The highest BCUT2D eigenvalue weighted by atomic mass is 35.5. The Labute approximate surface area is 162 Å². The normalized spacial score (nSPS) is 22.0. The van der Waals surface area contributed by atoms with Crippen molar-refractivity contribution in [1.82, 2.24) is 9.55 Å². The molecule has 0 saturated heterocycles. The minimum atomic E-state index is -0.967. The number of carbonyl (C=O) groups is 1. The van der Waals surface area contributed by atoms with E-state index in [2.05, 4.69) is 4.57 Å². The summed E-state index contributed by atoms with van der Waals surface area (Å²) in [5.41, 5.74) is 2.47. The van der Waals surface area contributed by atoms with E-state index in [0.29, 0.717) is 23.9 Å². The highest BCUT2D eigenvalue weighted by Crippen LogP contribution is 2.49. The van der Waals surface area contributed by atoms with E-state index in [-0.39, 0.29) is 0 Å². The molecular weight excluding hydrogens is 360 g/mol. The SMILES string of the molecule is O=C(O)C1(CC2CCCC2)Cn2c(nc3ccccc32)-c2c(Cl)cccc21. The number of halogens is 1. The number of hydrogen-bond acceptors (Lipinski definition) is 2. The Morgan fingerprint density at radius 2 is 1.96 bits per heavy atom. The minimum Gasteiger partial charge on any atom is -0.481 e. The molecule has 1 aliphatic heterocycles. The van der Waals surface area contributed by atoms with Crippen molar-refractivity contribution >= 4 is 28.6 Å². The molecular formula is C22H21ClN2O2. The van der Waals surface area contributed by atoms with Crippen molar-refractivity contribution in [3.05, 3.63) is 53.1 Å². The van der Waals surface area contributed by atoms with Gasteiger partial charge in [-0.1, -0.05) is 61.5 Å². The molecule has 5 rings (SSSR count). The third-order valence-corrected chi connectivity index (χ3v) is 6.67. The van der Waals surface area contributed by atoms with E-state index in [1.165, 1.54) is 12.8 Å². The van der Waals surface area contributed by atoms with Crippen molar-refractivity contribution in [2.45, 2.75) is 44.1 Å². The lowest BCUT2D eigenvalue weighted by Gasteiger charge is -2.38. The first-order chi connectivity index (χ1) is 13.1. The van der Waals surface area contributed by atoms with Gasteiger partial charge < -0.3 is 9.67 Å². The van der Waals surface area contributed by atoms with Gasteiger partial charge in [0.15, 0.2) is 0 Å². The minimum absolute atomic E-state index is 0.405. The van der Waals surface area contributed by atoms with Gasteiger partial charge in [0.1, 0.15) is 11.2 Å². The number of nitrogens with zero attached hydrogens (tertiary/aromatic N) is 2. The van der Waals surface area contributed by atoms with Crippen molar-refractivity contribution in [3.8, 4) is 11.4 Å². The monoisotopic (exact) mass is 380 g/mol. The summed E-state index contributed by atoms with van der Waals surface area (Å²) in [6, 6.07) is 13.5. The van der Waals surface area contributed by atoms with Crippen molar-refractivity contribution in [1.29, 1.82) is 0 Å². The molecule has 1 atom stereocenters. The van der Waals surface area contributed by atoms with Gasteiger partial charge in [-0.15, -0.1) is 0 Å². The summed E-state index contributed by atoms with van der Waals surface area (Å²) >= 11 is 6.60. The van der Waals surface area contributed by atoms with Gasteiger partial charge in [0.25, 0.3) is 0 Å². The van der Waals surface area contributed by atoms with Gasteiger partial charge >= 0.3 is 5.97 Å². The maximum atomic E-state index is 12.7. The standard InChI is InChI=1S/C22H21ClN2O2/c23-16-9-5-8-15-19(16)20-24-17-10-3-4-11-18(17)25(20)13-22(15,21(26)27)12-14-6-1-2-7-14/h3-5,8-11,14H,1-2,6-7,12-13H2,(H,26,27). The second kappa shape index (κ2) is 6.10. The Morgan fingerprint density at radius 1 is 1.19 bits per heavy atom. The second-order valence-electron chi connectivity index (χ2n) is 7.91. The van der Waals surface area contributed by atoms with E-state index in [1.807, 2.05) is 42.5 Å². The highest BCUT2D eigenvalue weighted by Gasteiger charge is 2.48. The van der Waals surface area contributed by atoms with Crippen LogP contribution in [0.3, 0.4) is 0 Å². The van der Waals surface area contributed by atoms with Crippen LogP contribution in [0.15, 0.2) is 42.5 Å². The number of aliphatic carboxylic acids is 1. The number of imidazole rings is 1. The first kappa shape index (κ1) is 16.8. The maximum Gasteiger partial charge on any atom is 0.315 e. The predicted molar refractivity (Wildman–Crippen MR) is 106 cm³/mol. The van der Waals surface area contributed by atoms with Gasteiger partial charge in [-0.3, -0.25) is 4.79 Å². The summed E-state index contributed by atoms with van der Waals surface area (Å²) in [4.78, 5) is 17.5. The van der Waals surface area contributed by atoms with Gasteiger partial charge in [0, 0.05) is 12.1 Å². The first-order valence-electron chi connectivity index (χ1n) is 9.58. The number of para-hydroxylation sites is 2. The van der Waals surface area contributed by atoms with Crippen LogP contribution in [0.5, 0.6) is 0 Å². The fraction of sp³-hybridized carbons (Fsp3) is 0.364. The van der Waals surface area contributed by atoms with E-state index in [1.54, 1.807) is 0 Å². The van der Waals surface area contributed by atoms with Gasteiger partial charge in [0.2, 0.25) is 0 Å². The molecule has 138 valence electrons. The fourth-order valence-corrected chi connectivity index (χ4v) is 5.34. The smallest absolute Gasteiger partial charge is 0.315 e. The van der Waals surface area contributed by atoms with Gasteiger partial charge in [0.05, 0.1) is 16.1 Å². The summed E-state index contributed by atoms with van der Waals surface area (Å²) in [6.07, 6.45) is 5.27. The van der Waals surface area contributed by atoms with Crippen molar-refractivity contribution in [3.63, 3.8) is 0 Å². The van der Waals surface area contributed by atoms with Crippen LogP contribution in [0, 0.1) is 5.92 Å². The Balaban J connectivity index is 1.79. The Bertz CT molecular complexity index is 1050. The molecule has 2 heterocycles. The van der Waals surface area contributed by atoms with Gasteiger partial charge in [-0.05, 0) is 36.1 Å². The molecule has 1 unspecified atom stereocenters. The van der Waals surface area contributed by atoms with E-state index in [4.69, 9.17) is 16.6 Å². The molecule has 2 aliphatic rings. The molecule has 4 nitrogen and oxygen atoms in total. The molecule has 0 amide bonds. The molecule has 5 heteroatoms. The largest absolute Gasteiger partial charge is 0.481 e. The summed E-state index contributed by atoms with van der Waals surface area (Å²) in [7, 11) is 0. The maximum absolute atomic E-state index is 12.7. The lowest BCUT2D eigenvalue weighted by molar-refractivity contribution is -0.145. The van der Waals surface area contributed by atoms with Crippen LogP contribution in [0.25, 0.3) is 22.4 Å². The lowest BCUT2D eigenvalue weighted by atomic mass is 9.70. The first-order valence-corrected chi connectivity index (χ1v) is 9.96. The van der Waals surface area contributed by atoms with E-state index in [9.17, 15) is 9.90 Å². The number of aromatic nitrogens is 2. The van der Waals surface area contributed by atoms with Crippen LogP contribution in [0.4, 0.5) is 0 Å². The Kier molecular flexibility index (Phi) is 3.80. The number of benzene rings is 2. The number of carboxylic acid groups (broad SMARTS) is 1. The second-order valence-corrected chi connectivity index (χ2v) is 8.32.